The molecule has 0 spiro atoms. The van der Waals surface area contributed by atoms with Crippen LogP contribution in [0.5, 0.6) is 0 Å². The van der Waals surface area contributed by atoms with E-state index >= 15 is 0 Å². The van der Waals surface area contributed by atoms with Gasteiger partial charge in [0.25, 0.3) is 5.91 Å². The minimum Gasteiger partial charge on any atom is -0.450 e. The van der Waals surface area contributed by atoms with Crippen molar-refractivity contribution in [3.63, 3.8) is 0 Å². The van der Waals surface area contributed by atoms with Crippen LogP contribution in [0.15, 0.2) is 24.3 Å². The number of piperazine rings is 1. The molecule has 2 heterocycles. The number of carbonyl (C=O) groups excluding carboxylic acids is 3. The number of para-hydroxylation sites is 1. The lowest BCUT2D eigenvalue weighted by molar-refractivity contribution is -0.123. The molecule has 1 aromatic carbocycles. The summed E-state index contributed by atoms with van der Waals surface area (Å²) in [6.07, 6.45) is -0.351. The van der Waals surface area contributed by atoms with E-state index in [0.717, 1.165) is 4.90 Å². The first-order chi connectivity index (χ1) is 12.0. The van der Waals surface area contributed by atoms with Crippen LogP contribution in [0.4, 0.5) is 14.9 Å². The van der Waals surface area contributed by atoms with Crippen LogP contribution < -0.4 is 4.90 Å². The minimum absolute atomic E-state index is 0.00911. The van der Waals surface area contributed by atoms with E-state index in [0.29, 0.717) is 32.8 Å². The fourth-order valence-corrected chi connectivity index (χ4v) is 3.22. The first-order valence-corrected chi connectivity index (χ1v) is 8.30. The summed E-state index contributed by atoms with van der Waals surface area (Å²) in [6.45, 7) is 3.84. The Hall–Kier alpha value is -2.48. The first-order valence-electron chi connectivity index (χ1n) is 8.30. The molecule has 2 fully saturated rings. The summed E-state index contributed by atoms with van der Waals surface area (Å²) in [6, 6.07) is 5.13. The number of rotatable bonds is 3. The van der Waals surface area contributed by atoms with Crippen LogP contribution in [-0.4, -0.2) is 66.5 Å². The molecule has 3 amide bonds. The Balaban J connectivity index is 1.67. The molecule has 1 aromatic rings. The normalized spacial score (nSPS) is 21.8. The topological polar surface area (TPSA) is 70.2 Å². The van der Waals surface area contributed by atoms with Gasteiger partial charge in [0.05, 0.1) is 24.8 Å². The zero-order chi connectivity index (χ0) is 18.0. The van der Waals surface area contributed by atoms with Crippen molar-refractivity contribution in [2.75, 3.05) is 37.7 Å². The van der Waals surface area contributed by atoms with Crippen molar-refractivity contribution in [2.24, 2.45) is 0 Å². The lowest BCUT2D eigenvalue weighted by Crippen LogP contribution is -2.54. The number of ether oxygens (including phenoxy) is 1. The number of hydrogen-bond acceptors (Lipinski definition) is 5. The minimum atomic E-state index is -0.614. The predicted octanol–water partition coefficient (Wildman–Crippen LogP) is 1.23. The molecule has 0 unspecified atom stereocenters. The van der Waals surface area contributed by atoms with Gasteiger partial charge in [0.1, 0.15) is 5.82 Å². The average molecular weight is 349 g/mol. The van der Waals surface area contributed by atoms with Crippen LogP contribution in [0.3, 0.4) is 0 Å². The molecule has 2 saturated heterocycles. The summed E-state index contributed by atoms with van der Waals surface area (Å²) < 4.78 is 18.9. The van der Waals surface area contributed by atoms with Gasteiger partial charge in [-0.3, -0.25) is 14.5 Å². The van der Waals surface area contributed by atoms with Gasteiger partial charge in [-0.2, -0.15) is 0 Å². The monoisotopic (exact) mass is 349 g/mol. The highest BCUT2D eigenvalue weighted by molar-refractivity contribution is 6.22. The second-order valence-corrected chi connectivity index (χ2v) is 5.96. The fraction of sp³-hybridized carbons (Fsp3) is 0.471. The second kappa shape index (κ2) is 7.18. The van der Waals surface area contributed by atoms with Gasteiger partial charge in [-0.1, -0.05) is 12.1 Å². The van der Waals surface area contributed by atoms with Crippen LogP contribution in [0.25, 0.3) is 0 Å². The smallest absolute Gasteiger partial charge is 0.409 e. The maximum absolute atomic E-state index is 14.0. The number of amides is 3. The maximum atomic E-state index is 14.0. The van der Waals surface area contributed by atoms with Crippen LogP contribution in [0.2, 0.25) is 0 Å². The van der Waals surface area contributed by atoms with Crippen molar-refractivity contribution in [1.82, 2.24) is 9.80 Å². The number of nitrogens with zero attached hydrogens (tertiary/aromatic N) is 3. The second-order valence-electron chi connectivity index (χ2n) is 5.96. The number of imide groups is 1. The zero-order valence-electron chi connectivity index (χ0n) is 14.0. The summed E-state index contributed by atoms with van der Waals surface area (Å²) in [5, 5.41) is 0. The van der Waals surface area contributed by atoms with Crippen LogP contribution in [0.1, 0.15) is 13.3 Å². The van der Waals surface area contributed by atoms with Crippen LogP contribution >= 0.6 is 0 Å². The van der Waals surface area contributed by atoms with E-state index in [-0.39, 0.29) is 18.2 Å². The van der Waals surface area contributed by atoms with Crippen molar-refractivity contribution in [1.29, 1.82) is 0 Å². The standard InChI is InChI=1S/C17H20FN3O4/c1-2-25-17(24)20-9-7-19(8-10-20)14-11-15(22)21(16(14)23)13-6-4-3-5-12(13)18/h3-6,14H,2,7-11H2,1H3/t14-/m1/s1. The molecule has 7 nitrogen and oxygen atoms in total. The van der Waals surface area contributed by atoms with Crippen LogP contribution in [0, 0.1) is 5.82 Å². The van der Waals surface area contributed by atoms with E-state index in [4.69, 9.17) is 4.74 Å². The molecule has 1 atom stereocenters. The summed E-state index contributed by atoms with van der Waals surface area (Å²) >= 11 is 0. The fourth-order valence-electron chi connectivity index (χ4n) is 3.22. The Kier molecular flexibility index (Phi) is 4.98. The van der Waals surface area contributed by atoms with Gasteiger partial charge in [0.2, 0.25) is 5.91 Å². The van der Waals surface area contributed by atoms with E-state index in [1.165, 1.54) is 18.2 Å². The molecule has 0 aliphatic carbocycles. The predicted molar refractivity (Wildman–Crippen MR) is 87.5 cm³/mol. The summed E-state index contributed by atoms with van der Waals surface area (Å²) in [4.78, 5) is 41.1. The van der Waals surface area contributed by atoms with Crippen molar-refractivity contribution < 1.29 is 23.5 Å². The quantitative estimate of drug-likeness (QED) is 0.768. The van der Waals surface area contributed by atoms with Gasteiger partial charge in [-0.15, -0.1) is 0 Å². The highest BCUT2D eigenvalue weighted by atomic mass is 19.1. The van der Waals surface area contributed by atoms with Crippen LogP contribution in [-0.2, 0) is 14.3 Å². The average Bonchev–Trinajstić information content (AvgIpc) is 2.90. The molecule has 25 heavy (non-hydrogen) atoms. The van der Waals surface area contributed by atoms with Gasteiger partial charge in [0.15, 0.2) is 0 Å². The molecular weight excluding hydrogens is 329 g/mol. The molecule has 134 valence electrons. The lowest BCUT2D eigenvalue weighted by atomic mass is 10.2. The third kappa shape index (κ3) is 3.34. The Bertz CT molecular complexity index is 688. The lowest BCUT2D eigenvalue weighted by Gasteiger charge is -2.36. The highest BCUT2D eigenvalue weighted by Crippen LogP contribution is 2.28. The highest BCUT2D eigenvalue weighted by Gasteiger charge is 2.44. The first kappa shape index (κ1) is 17.3. The van der Waals surface area contributed by atoms with E-state index in [1.54, 1.807) is 17.9 Å². The number of carbonyl (C=O) groups is 3. The number of benzene rings is 1. The summed E-state index contributed by atoms with van der Waals surface area (Å²) in [5.74, 6) is -1.43. The Morgan fingerprint density at radius 1 is 1.20 bits per heavy atom. The molecule has 0 aromatic heterocycles. The van der Waals surface area contributed by atoms with E-state index in [1.807, 2.05) is 4.90 Å². The van der Waals surface area contributed by atoms with Crippen molar-refractivity contribution in [3.8, 4) is 0 Å². The van der Waals surface area contributed by atoms with E-state index in [9.17, 15) is 18.8 Å². The van der Waals surface area contributed by atoms with E-state index < -0.39 is 23.7 Å². The number of hydrogen-bond donors (Lipinski definition) is 0. The SMILES string of the molecule is CCOC(=O)N1CCN([C@@H]2CC(=O)N(c3ccccc3F)C2=O)CC1. The molecule has 0 bridgehead atoms. The largest absolute Gasteiger partial charge is 0.450 e. The maximum Gasteiger partial charge on any atom is 0.409 e. The Morgan fingerprint density at radius 2 is 1.88 bits per heavy atom. The molecule has 0 radical (unpaired) electrons. The zero-order valence-corrected chi connectivity index (χ0v) is 14.0. The molecule has 3 rings (SSSR count). The van der Waals surface area contributed by atoms with Gasteiger partial charge in [0, 0.05) is 26.2 Å². The molecule has 0 saturated carbocycles. The molecule has 2 aliphatic heterocycles. The Labute approximate surface area is 144 Å². The van der Waals surface area contributed by atoms with Gasteiger partial charge in [-0.05, 0) is 19.1 Å². The molecule has 2 aliphatic rings. The Morgan fingerprint density at radius 3 is 2.52 bits per heavy atom. The third-order valence-corrected chi connectivity index (χ3v) is 4.50. The van der Waals surface area contributed by atoms with Gasteiger partial charge >= 0.3 is 6.09 Å². The van der Waals surface area contributed by atoms with Gasteiger partial charge < -0.3 is 9.64 Å². The van der Waals surface area contributed by atoms with Crippen molar-refractivity contribution >= 4 is 23.6 Å². The molecule has 8 heteroatoms. The number of anilines is 1. The van der Waals surface area contributed by atoms with Crippen molar-refractivity contribution in [3.05, 3.63) is 30.1 Å². The van der Waals surface area contributed by atoms with E-state index in [2.05, 4.69) is 0 Å². The van der Waals surface area contributed by atoms with Gasteiger partial charge in [-0.25, -0.2) is 14.1 Å². The number of halogens is 1. The summed E-state index contributed by atoms with van der Waals surface area (Å²) in [7, 11) is 0. The summed E-state index contributed by atoms with van der Waals surface area (Å²) in [5.41, 5.74) is -0.00911. The molecule has 0 N–H and O–H groups in total. The van der Waals surface area contributed by atoms with Crippen molar-refractivity contribution in [2.45, 2.75) is 19.4 Å². The molecular formula is C17H20FN3O4. The third-order valence-electron chi connectivity index (χ3n) is 4.50.